The van der Waals surface area contributed by atoms with E-state index in [0.717, 1.165) is 24.9 Å². The number of β-amino-alcohol motifs (C(OH)–C–C–N with tert-alkyl or cyclic N) is 1. The number of hydrogen-bond acceptors (Lipinski definition) is 3. The maximum atomic E-state index is 12.0. The predicted octanol–water partition coefficient (Wildman–Crippen LogP) is 2.41. The van der Waals surface area contributed by atoms with Gasteiger partial charge in [-0.1, -0.05) is 12.1 Å². The molecule has 0 radical (unpaired) electrons. The van der Waals surface area contributed by atoms with Crippen LogP contribution in [0.25, 0.3) is 6.08 Å². The second kappa shape index (κ2) is 6.78. The SMILES string of the molecule is CSc1ccc(C=CC(=O)N2CCCC(O)C2)cc1. The van der Waals surface area contributed by atoms with Crippen molar-refractivity contribution in [3.63, 3.8) is 0 Å². The molecule has 0 aliphatic carbocycles. The highest BCUT2D eigenvalue weighted by molar-refractivity contribution is 7.98. The van der Waals surface area contributed by atoms with Crippen LogP contribution in [0, 0.1) is 0 Å². The first-order valence-electron chi connectivity index (χ1n) is 6.48. The number of thioether (sulfide) groups is 1. The van der Waals surface area contributed by atoms with Crippen molar-refractivity contribution in [2.75, 3.05) is 19.3 Å². The minimum absolute atomic E-state index is 0.0207. The molecule has 4 heteroatoms. The summed E-state index contributed by atoms with van der Waals surface area (Å²) in [6.07, 6.45) is 6.76. The Labute approximate surface area is 118 Å². The maximum absolute atomic E-state index is 12.0. The van der Waals surface area contributed by atoms with Crippen LogP contribution >= 0.6 is 11.8 Å². The van der Waals surface area contributed by atoms with Gasteiger partial charge in [0, 0.05) is 24.1 Å². The van der Waals surface area contributed by atoms with E-state index in [1.165, 1.54) is 4.90 Å². The van der Waals surface area contributed by atoms with Crippen molar-refractivity contribution < 1.29 is 9.90 Å². The molecule has 1 fully saturated rings. The van der Waals surface area contributed by atoms with E-state index in [1.807, 2.05) is 36.6 Å². The molecule has 0 aromatic heterocycles. The molecule has 1 atom stereocenters. The van der Waals surface area contributed by atoms with Crippen molar-refractivity contribution in [3.8, 4) is 0 Å². The number of benzene rings is 1. The van der Waals surface area contributed by atoms with Crippen molar-refractivity contribution in [3.05, 3.63) is 35.9 Å². The first-order chi connectivity index (χ1) is 9.19. The molecule has 2 rings (SSSR count). The minimum atomic E-state index is -0.369. The Morgan fingerprint density at radius 1 is 1.42 bits per heavy atom. The average Bonchev–Trinajstić information content (AvgIpc) is 2.45. The van der Waals surface area contributed by atoms with Gasteiger partial charge in [-0.25, -0.2) is 0 Å². The zero-order valence-corrected chi connectivity index (χ0v) is 11.9. The van der Waals surface area contributed by atoms with Crippen LogP contribution in [0.2, 0.25) is 0 Å². The molecule has 1 aliphatic rings. The molecule has 1 amide bonds. The van der Waals surface area contributed by atoms with Gasteiger partial charge in [0.25, 0.3) is 0 Å². The quantitative estimate of drug-likeness (QED) is 0.681. The molecule has 0 spiro atoms. The standard InChI is InChI=1S/C15H19NO2S/c1-19-14-7-4-12(5-8-14)6-9-15(18)16-10-2-3-13(17)11-16/h4-9,13,17H,2-3,10-11H2,1H3. The lowest BCUT2D eigenvalue weighted by molar-refractivity contribution is -0.128. The van der Waals surface area contributed by atoms with Gasteiger partial charge < -0.3 is 10.0 Å². The van der Waals surface area contributed by atoms with Crippen LogP contribution in [0.1, 0.15) is 18.4 Å². The number of likely N-dealkylation sites (tertiary alicyclic amines) is 1. The van der Waals surface area contributed by atoms with Crippen molar-refractivity contribution >= 4 is 23.7 Å². The summed E-state index contributed by atoms with van der Waals surface area (Å²) in [7, 11) is 0. The van der Waals surface area contributed by atoms with Crippen LogP contribution in [0.15, 0.2) is 35.2 Å². The Kier molecular flexibility index (Phi) is 5.05. The Balaban J connectivity index is 1.95. The van der Waals surface area contributed by atoms with Gasteiger partial charge in [-0.05, 0) is 42.9 Å². The van der Waals surface area contributed by atoms with Gasteiger partial charge in [-0.3, -0.25) is 4.79 Å². The van der Waals surface area contributed by atoms with E-state index in [9.17, 15) is 9.90 Å². The molecule has 1 saturated heterocycles. The van der Waals surface area contributed by atoms with E-state index in [0.29, 0.717) is 6.54 Å². The molecule has 0 saturated carbocycles. The average molecular weight is 277 g/mol. The van der Waals surface area contributed by atoms with Crippen molar-refractivity contribution in [2.24, 2.45) is 0 Å². The summed E-state index contributed by atoms with van der Waals surface area (Å²) < 4.78 is 0. The third-order valence-electron chi connectivity index (χ3n) is 3.24. The van der Waals surface area contributed by atoms with E-state index in [4.69, 9.17) is 0 Å². The molecule has 3 nitrogen and oxygen atoms in total. The van der Waals surface area contributed by atoms with Crippen molar-refractivity contribution in [2.45, 2.75) is 23.8 Å². The number of carbonyl (C=O) groups excluding carboxylic acids is 1. The second-order valence-electron chi connectivity index (χ2n) is 4.69. The molecular formula is C15H19NO2S. The fourth-order valence-corrected chi connectivity index (χ4v) is 2.55. The van der Waals surface area contributed by atoms with Crippen LogP contribution in [0.4, 0.5) is 0 Å². The number of carbonyl (C=O) groups is 1. The van der Waals surface area contributed by atoms with Gasteiger partial charge in [0.2, 0.25) is 5.91 Å². The Hall–Kier alpha value is -1.26. The number of nitrogens with zero attached hydrogens (tertiary/aromatic N) is 1. The smallest absolute Gasteiger partial charge is 0.246 e. The predicted molar refractivity (Wildman–Crippen MR) is 79.1 cm³/mol. The highest BCUT2D eigenvalue weighted by Crippen LogP contribution is 2.16. The Bertz CT molecular complexity index is 456. The van der Waals surface area contributed by atoms with Crippen LogP contribution in [0.3, 0.4) is 0 Å². The van der Waals surface area contributed by atoms with Gasteiger partial charge in [-0.15, -0.1) is 11.8 Å². The lowest BCUT2D eigenvalue weighted by Crippen LogP contribution is -2.41. The molecule has 1 N–H and O–H groups in total. The van der Waals surface area contributed by atoms with Gasteiger partial charge in [0.15, 0.2) is 0 Å². The zero-order valence-electron chi connectivity index (χ0n) is 11.1. The summed E-state index contributed by atoms with van der Waals surface area (Å²) in [6.45, 7) is 1.19. The van der Waals surface area contributed by atoms with Crippen molar-refractivity contribution in [1.29, 1.82) is 0 Å². The summed E-state index contributed by atoms with van der Waals surface area (Å²) in [6, 6.07) is 8.08. The highest BCUT2D eigenvalue weighted by atomic mass is 32.2. The fraction of sp³-hybridized carbons (Fsp3) is 0.400. The number of rotatable bonds is 3. The molecule has 1 aromatic carbocycles. The van der Waals surface area contributed by atoms with Gasteiger partial charge in [-0.2, -0.15) is 0 Å². The second-order valence-corrected chi connectivity index (χ2v) is 5.57. The summed E-state index contributed by atoms with van der Waals surface area (Å²) in [4.78, 5) is 14.9. The van der Waals surface area contributed by atoms with E-state index in [-0.39, 0.29) is 12.0 Å². The van der Waals surface area contributed by atoms with E-state index < -0.39 is 0 Å². The van der Waals surface area contributed by atoms with Crippen LogP contribution in [-0.2, 0) is 4.79 Å². The molecule has 19 heavy (non-hydrogen) atoms. The lowest BCUT2D eigenvalue weighted by Gasteiger charge is -2.29. The van der Waals surface area contributed by atoms with Gasteiger partial charge in [0.05, 0.1) is 6.10 Å². The highest BCUT2D eigenvalue weighted by Gasteiger charge is 2.20. The van der Waals surface area contributed by atoms with Crippen molar-refractivity contribution in [1.82, 2.24) is 4.90 Å². The summed E-state index contributed by atoms with van der Waals surface area (Å²) in [5.74, 6) is -0.0207. The first-order valence-corrected chi connectivity index (χ1v) is 7.70. The summed E-state index contributed by atoms with van der Waals surface area (Å²) >= 11 is 1.70. The third-order valence-corrected chi connectivity index (χ3v) is 3.99. The summed E-state index contributed by atoms with van der Waals surface area (Å²) in [5, 5.41) is 9.55. The number of hydrogen-bond donors (Lipinski definition) is 1. The molecule has 0 bridgehead atoms. The van der Waals surface area contributed by atoms with Crippen LogP contribution < -0.4 is 0 Å². The minimum Gasteiger partial charge on any atom is -0.391 e. The number of aliphatic hydroxyl groups excluding tert-OH is 1. The van der Waals surface area contributed by atoms with Gasteiger partial charge >= 0.3 is 0 Å². The topological polar surface area (TPSA) is 40.5 Å². The molecule has 1 aliphatic heterocycles. The molecule has 1 heterocycles. The fourth-order valence-electron chi connectivity index (χ4n) is 2.14. The molecule has 102 valence electrons. The lowest BCUT2D eigenvalue weighted by atomic mass is 10.1. The van der Waals surface area contributed by atoms with Gasteiger partial charge in [0.1, 0.15) is 0 Å². The monoisotopic (exact) mass is 277 g/mol. The Morgan fingerprint density at radius 3 is 2.79 bits per heavy atom. The number of amides is 1. The van der Waals surface area contributed by atoms with E-state index in [1.54, 1.807) is 22.7 Å². The van der Waals surface area contributed by atoms with Crippen LogP contribution in [-0.4, -0.2) is 41.4 Å². The first kappa shape index (κ1) is 14.2. The van der Waals surface area contributed by atoms with E-state index >= 15 is 0 Å². The normalized spacial score (nSPS) is 19.9. The maximum Gasteiger partial charge on any atom is 0.246 e. The zero-order chi connectivity index (χ0) is 13.7. The molecular weight excluding hydrogens is 258 g/mol. The van der Waals surface area contributed by atoms with E-state index in [2.05, 4.69) is 0 Å². The number of aliphatic hydroxyl groups is 1. The molecule has 1 unspecified atom stereocenters. The molecule has 1 aromatic rings. The summed E-state index contributed by atoms with van der Waals surface area (Å²) in [5.41, 5.74) is 1.02. The van der Waals surface area contributed by atoms with Crippen LogP contribution in [0.5, 0.6) is 0 Å². The third kappa shape index (κ3) is 4.11. The number of piperidine rings is 1. The Morgan fingerprint density at radius 2 is 2.16 bits per heavy atom. The largest absolute Gasteiger partial charge is 0.391 e.